The maximum Gasteiger partial charge on any atom is 0.0847 e. The second-order valence-corrected chi connectivity index (χ2v) is 6.43. The molecule has 2 saturated carbocycles. The molecule has 0 spiro atoms. The third-order valence-electron chi connectivity index (χ3n) is 4.89. The summed E-state index contributed by atoms with van der Waals surface area (Å²) in [6, 6.07) is 0.546. The predicted octanol–water partition coefficient (Wildman–Crippen LogP) is 2.56. The zero-order valence-electron chi connectivity index (χ0n) is 11.4. The van der Waals surface area contributed by atoms with Crippen molar-refractivity contribution in [2.75, 3.05) is 7.05 Å². The van der Waals surface area contributed by atoms with E-state index in [9.17, 15) is 0 Å². The zero-order valence-corrected chi connectivity index (χ0v) is 12.2. The Kier molecular flexibility index (Phi) is 3.15. The number of fused-ring (bicyclic) bond motifs is 1. The van der Waals surface area contributed by atoms with Gasteiger partial charge in [-0.3, -0.25) is 4.68 Å². The average molecular weight is 268 g/mol. The molecule has 3 rings (SSSR count). The van der Waals surface area contributed by atoms with Gasteiger partial charge >= 0.3 is 0 Å². The third kappa shape index (κ3) is 2.08. The minimum Gasteiger partial charge on any atom is -0.316 e. The Morgan fingerprint density at radius 2 is 2.06 bits per heavy atom. The van der Waals surface area contributed by atoms with Crippen LogP contribution < -0.4 is 5.32 Å². The van der Waals surface area contributed by atoms with Crippen LogP contribution in [0.1, 0.15) is 30.7 Å². The highest BCUT2D eigenvalue weighted by atomic mass is 35.5. The first-order chi connectivity index (χ1) is 8.60. The number of hydrogen-bond donors (Lipinski definition) is 1. The topological polar surface area (TPSA) is 29.9 Å². The van der Waals surface area contributed by atoms with Crippen LogP contribution in [-0.4, -0.2) is 22.9 Å². The Morgan fingerprint density at radius 3 is 2.56 bits per heavy atom. The molecule has 0 aromatic carbocycles. The number of rotatable bonds is 4. The van der Waals surface area contributed by atoms with Crippen molar-refractivity contribution < 1.29 is 0 Å². The molecular weight excluding hydrogens is 246 g/mol. The number of aromatic nitrogens is 2. The lowest BCUT2D eigenvalue weighted by atomic mass is 9.91. The molecule has 0 bridgehead atoms. The van der Waals surface area contributed by atoms with Crippen molar-refractivity contribution in [3.8, 4) is 0 Å². The molecule has 0 radical (unpaired) electrons. The maximum atomic E-state index is 6.35. The molecule has 1 aromatic rings. The van der Waals surface area contributed by atoms with Crippen LogP contribution in [0, 0.1) is 24.7 Å². The number of nitrogens with zero attached hydrogens (tertiary/aromatic N) is 2. The van der Waals surface area contributed by atoms with Crippen molar-refractivity contribution in [2.45, 2.75) is 38.6 Å². The van der Waals surface area contributed by atoms with E-state index in [0.717, 1.165) is 34.9 Å². The minimum absolute atomic E-state index is 0.546. The highest BCUT2D eigenvalue weighted by molar-refractivity contribution is 6.31. The molecular formula is C14H22ClN3. The fraction of sp³-hybridized carbons (Fsp3) is 0.786. The molecule has 0 aliphatic heterocycles. The summed E-state index contributed by atoms with van der Waals surface area (Å²) >= 11 is 6.35. The van der Waals surface area contributed by atoms with E-state index in [0.29, 0.717) is 6.04 Å². The first-order valence-electron chi connectivity index (χ1n) is 6.95. The molecule has 2 aliphatic carbocycles. The monoisotopic (exact) mass is 267 g/mol. The molecule has 4 heteroatoms. The standard InChI is InChI=1S/C14H22ClN3/c1-8-14(15)13(18(3)17-8)7-12(16-2)11-5-9-4-10(9)6-11/h9-12,16H,4-7H2,1-3H3. The summed E-state index contributed by atoms with van der Waals surface area (Å²) in [5, 5.41) is 8.75. The number of halogens is 1. The number of likely N-dealkylation sites (N-methyl/N-ethyl adjacent to an activating group) is 1. The zero-order chi connectivity index (χ0) is 12.9. The van der Waals surface area contributed by atoms with Crippen LogP contribution in [0.4, 0.5) is 0 Å². The van der Waals surface area contributed by atoms with Crippen LogP contribution in [0.5, 0.6) is 0 Å². The largest absolute Gasteiger partial charge is 0.316 e. The average Bonchev–Trinajstić information content (AvgIpc) is 2.88. The molecule has 0 amide bonds. The van der Waals surface area contributed by atoms with Crippen molar-refractivity contribution in [1.82, 2.24) is 15.1 Å². The van der Waals surface area contributed by atoms with E-state index in [1.807, 2.05) is 18.7 Å². The molecule has 1 heterocycles. The highest BCUT2D eigenvalue weighted by Gasteiger charge is 2.47. The lowest BCUT2D eigenvalue weighted by Gasteiger charge is -2.24. The summed E-state index contributed by atoms with van der Waals surface area (Å²) in [6.45, 7) is 1.98. The lowest BCUT2D eigenvalue weighted by molar-refractivity contribution is 0.344. The van der Waals surface area contributed by atoms with Crippen molar-refractivity contribution in [3.63, 3.8) is 0 Å². The normalized spacial score (nSPS) is 31.4. The van der Waals surface area contributed by atoms with Crippen molar-refractivity contribution in [1.29, 1.82) is 0 Å². The molecule has 3 nitrogen and oxygen atoms in total. The summed E-state index contributed by atoms with van der Waals surface area (Å²) in [4.78, 5) is 0. The van der Waals surface area contributed by atoms with Gasteiger partial charge in [-0.1, -0.05) is 11.6 Å². The van der Waals surface area contributed by atoms with E-state index in [-0.39, 0.29) is 0 Å². The van der Waals surface area contributed by atoms with Gasteiger partial charge in [0.2, 0.25) is 0 Å². The highest BCUT2D eigenvalue weighted by Crippen LogP contribution is 2.55. The summed E-state index contributed by atoms with van der Waals surface area (Å²) in [5.74, 6) is 2.90. The first-order valence-corrected chi connectivity index (χ1v) is 7.33. The van der Waals surface area contributed by atoms with Crippen LogP contribution in [0.2, 0.25) is 5.02 Å². The maximum absolute atomic E-state index is 6.35. The molecule has 100 valence electrons. The fourth-order valence-electron chi connectivity index (χ4n) is 3.70. The Labute approximate surface area is 114 Å². The van der Waals surface area contributed by atoms with Gasteiger partial charge in [0, 0.05) is 19.5 Å². The molecule has 3 unspecified atom stereocenters. The molecule has 1 N–H and O–H groups in total. The van der Waals surface area contributed by atoms with Gasteiger partial charge in [-0.25, -0.2) is 0 Å². The van der Waals surface area contributed by atoms with E-state index in [2.05, 4.69) is 17.5 Å². The molecule has 2 aliphatic rings. The van der Waals surface area contributed by atoms with Gasteiger partial charge in [-0.2, -0.15) is 5.10 Å². The Morgan fingerprint density at radius 1 is 1.39 bits per heavy atom. The Balaban J connectivity index is 1.73. The molecule has 3 atom stereocenters. The predicted molar refractivity (Wildman–Crippen MR) is 73.8 cm³/mol. The van der Waals surface area contributed by atoms with Gasteiger partial charge in [-0.05, 0) is 51.0 Å². The minimum atomic E-state index is 0.546. The van der Waals surface area contributed by atoms with E-state index in [4.69, 9.17) is 11.6 Å². The first kappa shape index (κ1) is 12.5. The van der Waals surface area contributed by atoms with Gasteiger partial charge < -0.3 is 5.32 Å². The van der Waals surface area contributed by atoms with E-state index >= 15 is 0 Å². The van der Waals surface area contributed by atoms with E-state index in [1.165, 1.54) is 25.0 Å². The van der Waals surface area contributed by atoms with Crippen LogP contribution in [-0.2, 0) is 13.5 Å². The van der Waals surface area contributed by atoms with Gasteiger partial charge in [0.25, 0.3) is 0 Å². The summed E-state index contributed by atoms with van der Waals surface area (Å²) in [6.07, 6.45) is 5.30. The molecule has 1 aromatic heterocycles. The van der Waals surface area contributed by atoms with Crippen molar-refractivity contribution >= 4 is 11.6 Å². The second-order valence-electron chi connectivity index (χ2n) is 6.06. The van der Waals surface area contributed by atoms with Gasteiger partial charge in [0.1, 0.15) is 0 Å². The summed E-state index contributed by atoms with van der Waals surface area (Å²) in [7, 11) is 4.07. The fourth-order valence-corrected chi connectivity index (χ4v) is 3.94. The second kappa shape index (κ2) is 4.53. The van der Waals surface area contributed by atoms with Crippen LogP contribution >= 0.6 is 11.6 Å². The number of nitrogens with one attached hydrogen (secondary N) is 1. The van der Waals surface area contributed by atoms with Crippen molar-refractivity contribution in [3.05, 3.63) is 16.4 Å². The van der Waals surface area contributed by atoms with Crippen LogP contribution in [0.3, 0.4) is 0 Å². The third-order valence-corrected chi connectivity index (χ3v) is 5.39. The van der Waals surface area contributed by atoms with Crippen molar-refractivity contribution in [2.24, 2.45) is 24.8 Å². The van der Waals surface area contributed by atoms with Crippen LogP contribution in [0.25, 0.3) is 0 Å². The smallest absolute Gasteiger partial charge is 0.0847 e. The SMILES string of the molecule is CNC(Cc1c(Cl)c(C)nn1C)C1CC2CC2C1. The Hall–Kier alpha value is -0.540. The Bertz CT molecular complexity index is 444. The number of aryl methyl sites for hydroxylation is 2. The van der Waals surface area contributed by atoms with E-state index < -0.39 is 0 Å². The number of hydrogen-bond acceptors (Lipinski definition) is 2. The molecule has 2 fully saturated rings. The van der Waals surface area contributed by atoms with E-state index in [1.54, 1.807) is 0 Å². The van der Waals surface area contributed by atoms with Gasteiger partial charge in [0.05, 0.1) is 16.4 Å². The summed E-state index contributed by atoms with van der Waals surface area (Å²) in [5.41, 5.74) is 2.12. The molecule has 18 heavy (non-hydrogen) atoms. The quantitative estimate of drug-likeness (QED) is 0.909. The lowest BCUT2D eigenvalue weighted by Crippen LogP contribution is -2.35. The van der Waals surface area contributed by atoms with Crippen LogP contribution in [0.15, 0.2) is 0 Å². The van der Waals surface area contributed by atoms with Gasteiger partial charge in [0.15, 0.2) is 0 Å². The molecule has 0 saturated heterocycles. The van der Waals surface area contributed by atoms with Gasteiger partial charge in [-0.15, -0.1) is 0 Å². The summed E-state index contributed by atoms with van der Waals surface area (Å²) < 4.78 is 1.94.